The highest BCUT2D eigenvalue weighted by Crippen LogP contribution is 1.96. The SMILES string of the molecule is CC(C)CCNC(=O)Cn1ccc(=O)cc1. The number of carbonyl (C=O) groups excluding carboxylic acids is 1. The number of rotatable bonds is 5. The second-order valence-corrected chi connectivity index (χ2v) is 4.24. The van der Waals surface area contributed by atoms with E-state index in [0.29, 0.717) is 12.5 Å². The molecular weight excluding hydrogens is 204 g/mol. The van der Waals surface area contributed by atoms with Crippen molar-refractivity contribution >= 4 is 5.91 Å². The fourth-order valence-corrected chi connectivity index (χ4v) is 1.27. The summed E-state index contributed by atoms with van der Waals surface area (Å²) in [6.45, 7) is 5.21. The van der Waals surface area contributed by atoms with Gasteiger partial charge in [-0.3, -0.25) is 9.59 Å². The lowest BCUT2D eigenvalue weighted by Gasteiger charge is -2.08. The van der Waals surface area contributed by atoms with Crippen LogP contribution in [0.4, 0.5) is 0 Å². The zero-order valence-electron chi connectivity index (χ0n) is 9.77. The Bertz CT molecular complexity index is 376. The minimum absolute atomic E-state index is 0.0238. The van der Waals surface area contributed by atoms with Crippen molar-refractivity contribution in [3.05, 3.63) is 34.7 Å². The average molecular weight is 222 g/mol. The summed E-state index contributed by atoms with van der Waals surface area (Å²) in [6.07, 6.45) is 4.21. The zero-order valence-corrected chi connectivity index (χ0v) is 9.77. The van der Waals surface area contributed by atoms with Crippen LogP contribution in [0.5, 0.6) is 0 Å². The number of carbonyl (C=O) groups is 1. The Labute approximate surface area is 95.3 Å². The molecule has 0 fully saturated rings. The number of amides is 1. The van der Waals surface area contributed by atoms with Crippen molar-refractivity contribution in [2.24, 2.45) is 5.92 Å². The molecule has 1 aromatic heterocycles. The van der Waals surface area contributed by atoms with Gasteiger partial charge in [0.15, 0.2) is 5.43 Å². The predicted molar refractivity (Wildman–Crippen MR) is 63.2 cm³/mol. The number of hydrogen-bond donors (Lipinski definition) is 1. The Kier molecular flexibility index (Phi) is 4.76. The Morgan fingerprint density at radius 2 is 2.00 bits per heavy atom. The third-order valence-corrected chi connectivity index (χ3v) is 2.23. The van der Waals surface area contributed by atoms with Crippen LogP contribution in [0.1, 0.15) is 20.3 Å². The van der Waals surface area contributed by atoms with Gasteiger partial charge in [0.1, 0.15) is 6.54 Å². The zero-order chi connectivity index (χ0) is 12.0. The van der Waals surface area contributed by atoms with Gasteiger partial charge >= 0.3 is 0 Å². The lowest BCUT2D eigenvalue weighted by Crippen LogP contribution is -2.29. The Morgan fingerprint density at radius 1 is 1.38 bits per heavy atom. The summed E-state index contributed by atoms with van der Waals surface area (Å²) < 4.78 is 1.69. The van der Waals surface area contributed by atoms with Crippen LogP contribution in [0, 0.1) is 5.92 Å². The van der Waals surface area contributed by atoms with Gasteiger partial charge in [-0.05, 0) is 12.3 Å². The van der Waals surface area contributed by atoms with Crippen LogP contribution in [-0.4, -0.2) is 17.0 Å². The molecule has 0 unspecified atom stereocenters. The Morgan fingerprint density at radius 3 is 2.56 bits per heavy atom. The average Bonchev–Trinajstić information content (AvgIpc) is 2.21. The second kappa shape index (κ2) is 6.10. The minimum atomic E-state index is -0.0449. The van der Waals surface area contributed by atoms with Gasteiger partial charge in [-0.1, -0.05) is 13.8 Å². The minimum Gasteiger partial charge on any atom is -0.355 e. The van der Waals surface area contributed by atoms with E-state index in [4.69, 9.17) is 0 Å². The molecule has 1 heterocycles. The highest BCUT2D eigenvalue weighted by Gasteiger charge is 2.01. The van der Waals surface area contributed by atoms with E-state index in [1.54, 1.807) is 17.0 Å². The molecule has 1 N–H and O–H groups in total. The molecule has 0 aliphatic carbocycles. The molecule has 0 aromatic carbocycles. The van der Waals surface area contributed by atoms with Gasteiger partial charge in [-0.2, -0.15) is 0 Å². The van der Waals surface area contributed by atoms with Crippen LogP contribution in [0.25, 0.3) is 0 Å². The molecule has 4 nitrogen and oxygen atoms in total. The van der Waals surface area contributed by atoms with E-state index in [1.165, 1.54) is 12.1 Å². The number of hydrogen-bond acceptors (Lipinski definition) is 2. The van der Waals surface area contributed by atoms with E-state index < -0.39 is 0 Å². The van der Waals surface area contributed by atoms with Gasteiger partial charge in [0.2, 0.25) is 5.91 Å². The summed E-state index contributed by atoms with van der Waals surface area (Å²) >= 11 is 0. The molecule has 0 aliphatic heterocycles. The maximum atomic E-state index is 11.5. The monoisotopic (exact) mass is 222 g/mol. The van der Waals surface area contributed by atoms with Gasteiger partial charge < -0.3 is 9.88 Å². The van der Waals surface area contributed by atoms with Crippen molar-refractivity contribution in [1.82, 2.24) is 9.88 Å². The smallest absolute Gasteiger partial charge is 0.239 e. The first-order valence-electron chi connectivity index (χ1n) is 5.50. The van der Waals surface area contributed by atoms with E-state index >= 15 is 0 Å². The van der Waals surface area contributed by atoms with Gasteiger partial charge in [-0.25, -0.2) is 0 Å². The normalized spacial score (nSPS) is 10.4. The molecular formula is C12H18N2O2. The topological polar surface area (TPSA) is 51.1 Å². The number of nitrogens with zero attached hydrogens (tertiary/aromatic N) is 1. The molecule has 0 radical (unpaired) electrons. The molecule has 1 rings (SSSR count). The summed E-state index contributed by atoms with van der Waals surface area (Å²) in [5.74, 6) is 0.567. The van der Waals surface area contributed by atoms with Crippen molar-refractivity contribution in [3.63, 3.8) is 0 Å². The van der Waals surface area contributed by atoms with Gasteiger partial charge in [0, 0.05) is 31.1 Å². The molecule has 4 heteroatoms. The molecule has 0 atom stereocenters. The van der Waals surface area contributed by atoms with Crippen molar-refractivity contribution in [2.45, 2.75) is 26.8 Å². The number of aromatic nitrogens is 1. The lowest BCUT2D eigenvalue weighted by molar-refractivity contribution is -0.121. The van der Waals surface area contributed by atoms with Crippen LogP contribution in [0.15, 0.2) is 29.3 Å². The van der Waals surface area contributed by atoms with Crippen molar-refractivity contribution in [2.75, 3.05) is 6.54 Å². The summed E-state index contributed by atoms with van der Waals surface area (Å²) in [5.41, 5.74) is -0.0449. The third kappa shape index (κ3) is 4.77. The van der Waals surface area contributed by atoms with E-state index in [1.807, 2.05) is 0 Å². The van der Waals surface area contributed by atoms with Crippen molar-refractivity contribution in [3.8, 4) is 0 Å². The van der Waals surface area contributed by atoms with Crippen LogP contribution in [-0.2, 0) is 11.3 Å². The second-order valence-electron chi connectivity index (χ2n) is 4.24. The van der Waals surface area contributed by atoms with E-state index in [2.05, 4.69) is 19.2 Å². The highest BCUT2D eigenvalue weighted by molar-refractivity contribution is 5.75. The molecule has 0 saturated carbocycles. The fourth-order valence-electron chi connectivity index (χ4n) is 1.27. The molecule has 0 spiro atoms. The summed E-state index contributed by atoms with van der Waals surface area (Å²) in [5, 5.41) is 2.84. The van der Waals surface area contributed by atoms with E-state index in [-0.39, 0.29) is 17.9 Å². The van der Waals surface area contributed by atoms with Crippen molar-refractivity contribution in [1.29, 1.82) is 0 Å². The van der Waals surface area contributed by atoms with Crippen LogP contribution < -0.4 is 10.7 Å². The molecule has 1 aromatic rings. The molecule has 1 amide bonds. The maximum absolute atomic E-state index is 11.5. The van der Waals surface area contributed by atoms with Gasteiger partial charge in [0.05, 0.1) is 0 Å². The Hall–Kier alpha value is -1.58. The highest BCUT2D eigenvalue weighted by atomic mass is 16.2. The fraction of sp³-hybridized carbons (Fsp3) is 0.500. The first-order chi connectivity index (χ1) is 7.58. The Balaban J connectivity index is 2.34. The summed E-state index contributed by atoms with van der Waals surface area (Å²) in [6, 6.07) is 2.89. The lowest BCUT2D eigenvalue weighted by atomic mass is 10.1. The molecule has 0 aliphatic rings. The van der Waals surface area contributed by atoms with Crippen LogP contribution in [0.2, 0.25) is 0 Å². The summed E-state index contributed by atoms with van der Waals surface area (Å²) in [7, 11) is 0. The largest absolute Gasteiger partial charge is 0.355 e. The van der Waals surface area contributed by atoms with E-state index in [0.717, 1.165) is 6.42 Å². The predicted octanol–water partition coefficient (Wildman–Crippen LogP) is 1.01. The third-order valence-electron chi connectivity index (χ3n) is 2.23. The first-order valence-corrected chi connectivity index (χ1v) is 5.50. The summed E-state index contributed by atoms with van der Waals surface area (Å²) in [4.78, 5) is 22.3. The van der Waals surface area contributed by atoms with Gasteiger partial charge in [-0.15, -0.1) is 0 Å². The molecule has 88 valence electrons. The number of nitrogens with one attached hydrogen (secondary N) is 1. The van der Waals surface area contributed by atoms with E-state index in [9.17, 15) is 9.59 Å². The van der Waals surface area contributed by atoms with Crippen LogP contribution >= 0.6 is 0 Å². The quantitative estimate of drug-likeness (QED) is 0.808. The van der Waals surface area contributed by atoms with Crippen molar-refractivity contribution < 1.29 is 4.79 Å². The molecule has 0 saturated heterocycles. The standard InChI is InChI=1S/C12H18N2O2/c1-10(2)3-6-13-12(16)9-14-7-4-11(15)5-8-14/h4-5,7-8,10H,3,6,9H2,1-2H3,(H,13,16). The number of pyridine rings is 1. The molecule has 0 bridgehead atoms. The maximum Gasteiger partial charge on any atom is 0.239 e. The molecule has 16 heavy (non-hydrogen) atoms. The van der Waals surface area contributed by atoms with Crippen LogP contribution in [0.3, 0.4) is 0 Å². The van der Waals surface area contributed by atoms with Gasteiger partial charge in [0.25, 0.3) is 0 Å². The first kappa shape index (κ1) is 12.5.